The first-order valence-electron chi connectivity index (χ1n) is 5.02. The zero-order chi connectivity index (χ0) is 11.1. The molecule has 1 rings (SSSR count). The number of aliphatic imine (C=N–C) groups is 1. The number of hydrogen-bond donors (Lipinski definition) is 0. The molecule has 0 radical (unpaired) electrons. The third-order valence-electron chi connectivity index (χ3n) is 1.95. The minimum atomic E-state index is 0.574. The van der Waals surface area contributed by atoms with E-state index >= 15 is 0 Å². The highest BCUT2D eigenvalue weighted by Gasteiger charge is 1.97. The number of para-hydroxylation sites is 1. The molecule has 0 aliphatic carbocycles. The largest absolute Gasteiger partial charge is 0.379 e. The Morgan fingerprint density at radius 3 is 2.80 bits per heavy atom. The molecule has 0 aliphatic rings. The second-order valence-corrected chi connectivity index (χ2v) is 3.34. The molecule has 0 saturated carbocycles. The first-order chi connectivity index (χ1) is 7.27. The Kier molecular flexibility index (Phi) is 4.78. The lowest BCUT2D eigenvalue weighted by Gasteiger charge is -2.02. The summed E-state index contributed by atoms with van der Waals surface area (Å²) in [4.78, 5) is 4.51. The number of hydrogen-bond acceptors (Lipinski definition) is 2. The molecule has 0 unspecified atom stereocenters. The van der Waals surface area contributed by atoms with E-state index in [2.05, 4.69) is 17.1 Å². The van der Waals surface area contributed by atoms with E-state index in [-0.39, 0.29) is 0 Å². The van der Waals surface area contributed by atoms with Crippen LogP contribution in [0.2, 0.25) is 0 Å². The fourth-order valence-corrected chi connectivity index (χ4v) is 1.36. The Bertz CT molecular complexity index is 367. The molecule has 0 amide bonds. The summed E-state index contributed by atoms with van der Waals surface area (Å²) in [5.74, 6) is 0. The highest BCUT2D eigenvalue weighted by molar-refractivity contribution is 5.86. The van der Waals surface area contributed by atoms with Crippen LogP contribution in [0.15, 0.2) is 35.3 Å². The van der Waals surface area contributed by atoms with Crippen LogP contribution in [0.5, 0.6) is 0 Å². The Morgan fingerprint density at radius 1 is 1.40 bits per heavy atom. The molecule has 1 aromatic rings. The van der Waals surface area contributed by atoms with Crippen molar-refractivity contribution >= 4 is 17.5 Å². The standard InChI is InChI=1S/C13H17NO/c1-4-7-12-8-5-6-9-13(12)14-11(2)10-15-3/h4-9H,10H2,1-3H3/b7-4-,14-11?. The molecule has 15 heavy (non-hydrogen) atoms. The molecule has 2 heteroatoms. The fourth-order valence-electron chi connectivity index (χ4n) is 1.36. The Morgan fingerprint density at radius 2 is 2.13 bits per heavy atom. The van der Waals surface area contributed by atoms with Crippen molar-refractivity contribution in [3.8, 4) is 0 Å². The van der Waals surface area contributed by atoms with Crippen LogP contribution >= 0.6 is 0 Å². The second kappa shape index (κ2) is 6.14. The van der Waals surface area contributed by atoms with Gasteiger partial charge in [-0.25, -0.2) is 0 Å². The molecule has 0 saturated heterocycles. The van der Waals surface area contributed by atoms with E-state index in [9.17, 15) is 0 Å². The third kappa shape index (κ3) is 3.68. The van der Waals surface area contributed by atoms with Crippen LogP contribution in [-0.4, -0.2) is 19.4 Å². The van der Waals surface area contributed by atoms with Gasteiger partial charge in [0.25, 0.3) is 0 Å². The van der Waals surface area contributed by atoms with Crippen LogP contribution in [0.3, 0.4) is 0 Å². The maximum absolute atomic E-state index is 5.03. The predicted octanol–water partition coefficient (Wildman–Crippen LogP) is 3.46. The molecule has 1 aromatic carbocycles. The van der Waals surface area contributed by atoms with Crippen LogP contribution in [-0.2, 0) is 4.74 Å². The van der Waals surface area contributed by atoms with Gasteiger partial charge in [-0.05, 0) is 25.5 Å². The smallest absolute Gasteiger partial charge is 0.0842 e. The molecule has 0 aromatic heterocycles. The summed E-state index contributed by atoms with van der Waals surface area (Å²) in [6.45, 7) is 4.54. The molecule has 0 fully saturated rings. The first kappa shape index (κ1) is 11.7. The Labute approximate surface area is 91.3 Å². The number of allylic oxidation sites excluding steroid dienone is 1. The highest BCUT2D eigenvalue weighted by atomic mass is 16.5. The summed E-state index contributed by atoms with van der Waals surface area (Å²) < 4.78 is 5.03. The van der Waals surface area contributed by atoms with Gasteiger partial charge in [0.1, 0.15) is 0 Å². The van der Waals surface area contributed by atoms with Gasteiger partial charge in [-0.15, -0.1) is 0 Å². The van der Waals surface area contributed by atoms with Crippen LogP contribution < -0.4 is 0 Å². The van der Waals surface area contributed by atoms with Crippen LogP contribution in [0.1, 0.15) is 19.4 Å². The van der Waals surface area contributed by atoms with E-state index in [0.29, 0.717) is 6.61 Å². The third-order valence-corrected chi connectivity index (χ3v) is 1.95. The van der Waals surface area contributed by atoms with Gasteiger partial charge in [0, 0.05) is 12.8 Å². The van der Waals surface area contributed by atoms with Crippen molar-refractivity contribution in [2.24, 2.45) is 4.99 Å². The predicted molar refractivity (Wildman–Crippen MR) is 65.8 cm³/mol. The van der Waals surface area contributed by atoms with Gasteiger partial charge >= 0.3 is 0 Å². The normalized spacial score (nSPS) is 12.3. The van der Waals surface area contributed by atoms with Crippen molar-refractivity contribution in [2.45, 2.75) is 13.8 Å². The molecule has 0 atom stereocenters. The van der Waals surface area contributed by atoms with E-state index in [0.717, 1.165) is 17.0 Å². The molecule has 2 nitrogen and oxygen atoms in total. The second-order valence-electron chi connectivity index (χ2n) is 3.34. The molecular weight excluding hydrogens is 186 g/mol. The average molecular weight is 203 g/mol. The molecular formula is C13H17NO. The number of ether oxygens (including phenoxy) is 1. The van der Waals surface area contributed by atoms with Gasteiger partial charge in [0.2, 0.25) is 0 Å². The summed E-state index contributed by atoms with van der Waals surface area (Å²) in [6, 6.07) is 8.07. The molecule has 80 valence electrons. The number of nitrogens with zero attached hydrogens (tertiary/aromatic N) is 1. The molecule has 0 aliphatic heterocycles. The number of rotatable bonds is 4. The van der Waals surface area contributed by atoms with Crippen LogP contribution in [0, 0.1) is 0 Å². The fraction of sp³-hybridized carbons (Fsp3) is 0.308. The first-order valence-corrected chi connectivity index (χ1v) is 5.02. The summed E-state index contributed by atoms with van der Waals surface area (Å²) in [5.41, 5.74) is 3.11. The van der Waals surface area contributed by atoms with E-state index in [4.69, 9.17) is 4.74 Å². The summed E-state index contributed by atoms with van der Waals surface area (Å²) in [7, 11) is 1.68. The van der Waals surface area contributed by atoms with Gasteiger partial charge in [-0.2, -0.15) is 0 Å². The van der Waals surface area contributed by atoms with Crippen molar-refractivity contribution in [2.75, 3.05) is 13.7 Å². The number of benzene rings is 1. The van der Waals surface area contributed by atoms with Crippen molar-refractivity contribution in [1.82, 2.24) is 0 Å². The van der Waals surface area contributed by atoms with Gasteiger partial charge < -0.3 is 4.74 Å². The van der Waals surface area contributed by atoms with Gasteiger partial charge in [-0.3, -0.25) is 4.99 Å². The van der Waals surface area contributed by atoms with Crippen molar-refractivity contribution in [1.29, 1.82) is 0 Å². The topological polar surface area (TPSA) is 21.6 Å². The lowest BCUT2D eigenvalue weighted by atomic mass is 10.1. The SMILES string of the molecule is C/C=C\c1ccccc1N=C(C)COC. The zero-order valence-corrected chi connectivity index (χ0v) is 9.53. The Hall–Kier alpha value is -1.41. The lowest BCUT2D eigenvalue weighted by molar-refractivity contribution is 0.245. The van der Waals surface area contributed by atoms with Crippen molar-refractivity contribution in [3.05, 3.63) is 35.9 Å². The van der Waals surface area contributed by atoms with Crippen molar-refractivity contribution in [3.63, 3.8) is 0 Å². The maximum atomic E-state index is 5.03. The minimum absolute atomic E-state index is 0.574. The van der Waals surface area contributed by atoms with E-state index in [1.165, 1.54) is 0 Å². The van der Waals surface area contributed by atoms with E-state index in [1.807, 2.05) is 38.1 Å². The Balaban J connectivity index is 2.97. The van der Waals surface area contributed by atoms with E-state index in [1.54, 1.807) is 7.11 Å². The summed E-state index contributed by atoms with van der Waals surface area (Å²) in [5, 5.41) is 0. The summed E-state index contributed by atoms with van der Waals surface area (Å²) in [6.07, 6.45) is 4.07. The summed E-state index contributed by atoms with van der Waals surface area (Å²) >= 11 is 0. The molecule has 0 spiro atoms. The van der Waals surface area contributed by atoms with E-state index < -0.39 is 0 Å². The van der Waals surface area contributed by atoms with Gasteiger partial charge in [-0.1, -0.05) is 30.4 Å². The lowest BCUT2D eigenvalue weighted by Crippen LogP contribution is -2.00. The van der Waals surface area contributed by atoms with Crippen molar-refractivity contribution < 1.29 is 4.74 Å². The highest BCUT2D eigenvalue weighted by Crippen LogP contribution is 2.20. The minimum Gasteiger partial charge on any atom is -0.379 e. The molecule has 0 heterocycles. The van der Waals surface area contributed by atoms with Crippen LogP contribution in [0.4, 0.5) is 5.69 Å². The zero-order valence-electron chi connectivity index (χ0n) is 9.53. The van der Waals surface area contributed by atoms with Gasteiger partial charge in [0.05, 0.1) is 12.3 Å². The maximum Gasteiger partial charge on any atom is 0.0842 e. The monoisotopic (exact) mass is 203 g/mol. The average Bonchev–Trinajstić information content (AvgIpc) is 2.21. The molecule has 0 N–H and O–H groups in total. The van der Waals surface area contributed by atoms with Gasteiger partial charge in [0.15, 0.2) is 0 Å². The quantitative estimate of drug-likeness (QED) is 0.687. The van der Waals surface area contributed by atoms with Crippen LogP contribution in [0.25, 0.3) is 6.08 Å². The number of methoxy groups -OCH3 is 1. The molecule has 0 bridgehead atoms.